The third-order valence-electron chi connectivity index (χ3n) is 15.9. The number of carboxylic acid groups (broad SMARTS) is 1. The molecule has 61 heavy (non-hydrogen) atoms. The average Bonchev–Trinajstić information content (AvgIpc) is 3.71. The van der Waals surface area contributed by atoms with Gasteiger partial charge in [0.1, 0.15) is 0 Å². The summed E-state index contributed by atoms with van der Waals surface area (Å²) in [5.41, 5.74) is -0.326. The molecule has 0 aromatic rings. The third-order valence-corrected chi connectivity index (χ3v) is 15.9. The molecule has 2 spiro atoms. The van der Waals surface area contributed by atoms with Crippen LogP contribution in [0.4, 0.5) is 0 Å². The van der Waals surface area contributed by atoms with Crippen LogP contribution in [0.15, 0.2) is 11.6 Å². The van der Waals surface area contributed by atoms with Gasteiger partial charge in [-0.15, -0.1) is 0 Å². The van der Waals surface area contributed by atoms with Crippen LogP contribution < -0.4 is 0 Å². The first-order chi connectivity index (χ1) is 28.5. The monoisotopic (exact) mass is 867 g/mol. The molecule has 14 heteroatoms. The number of rotatable bonds is 13. The number of aliphatic carboxylic acids is 1. The predicted molar refractivity (Wildman–Crippen MR) is 224 cm³/mol. The SMILES string of the molecule is CO[C@H]1CC[C@@H](O[C@H]2C[C@H]([C@]3(C)CC[C@]4(C[C@H](O)[C@@H](C)[C@@H]([C@@H](C)/C=C(\C)C(=O)[C@H](C)C[C@H](C)C(=O)O)O4)O3)O[C@]3(O[C@@H]([C@H]4O[C@@](O)(CO)[C@H](C)C[C@@H]4C)C[C@@H]3C)[C@@H]2C)O[C@H]1C. The van der Waals surface area contributed by atoms with Gasteiger partial charge in [-0.25, -0.2) is 0 Å². The van der Waals surface area contributed by atoms with Crippen molar-refractivity contribution in [2.75, 3.05) is 13.7 Å². The number of ether oxygens (including phenoxy) is 8. The second kappa shape index (κ2) is 18.7. The lowest BCUT2D eigenvalue weighted by molar-refractivity contribution is -0.390. The van der Waals surface area contributed by atoms with E-state index >= 15 is 0 Å². The zero-order valence-electron chi connectivity index (χ0n) is 38.8. The van der Waals surface area contributed by atoms with Gasteiger partial charge in [-0.3, -0.25) is 9.59 Å². The van der Waals surface area contributed by atoms with Gasteiger partial charge in [-0.1, -0.05) is 61.5 Å². The molecule has 0 aliphatic carbocycles. The van der Waals surface area contributed by atoms with Gasteiger partial charge in [-0.2, -0.15) is 0 Å². The summed E-state index contributed by atoms with van der Waals surface area (Å²) in [6, 6.07) is 0. The zero-order chi connectivity index (χ0) is 45.0. The van der Waals surface area contributed by atoms with Crippen LogP contribution in [-0.4, -0.2) is 124 Å². The van der Waals surface area contributed by atoms with Crippen molar-refractivity contribution in [3.8, 4) is 0 Å². The lowest BCUT2D eigenvalue weighted by atomic mass is 9.76. The molecule has 6 rings (SSSR count). The highest BCUT2D eigenvalue weighted by atomic mass is 16.8. The average molecular weight is 867 g/mol. The van der Waals surface area contributed by atoms with Gasteiger partial charge < -0.3 is 58.3 Å². The Hall–Kier alpha value is -1.56. The number of hydrogen-bond donors (Lipinski definition) is 4. The van der Waals surface area contributed by atoms with Crippen molar-refractivity contribution in [1.82, 2.24) is 0 Å². The van der Waals surface area contributed by atoms with Crippen LogP contribution in [0.5, 0.6) is 0 Å². The van der Waals surface area contributed by atoms with Crippen molar-refractivity contribution in [1.29, 1.82) is 0 Å². The topological polar surface area (TPSA) is 189 Å². The molecule has 0 aromatic carbocycles. The standard InChI is InChI=1S/C47H78O14/c1-24(40(50)25(2)18-28(5)43(51)52)17-26(3)41-31(8)34(49)22-45(59-41)16-15-44(11,61-45)38-21-36(56-39-14-13-35(54-12)33(10)55-39)32(9)47(58-38)30(7)20-37(57-47)42-27(4)19-29(6)46(53,23-48)60-42/h17,25-39,41-42,48-49,53H,13-16,18-23H2,1-12H3,(H,51,52)/b24-17+/t25-,26+,27+,28+,29-,30+,31-,32-,33+,34+,35+,36+,37-,38-,39-,41-,42+,44+,45-,46+,47+/m1/s1. The molecule has 0 bridgehead atoms. The molecule has 6 heterocycles. The largest absolute Gasteiger partial charge is 0.481 e. The van der Waals surface area contributed by atoms with Gasteiger partial charge in [0.05, 0.1) is 67.0 Å². The summed E-state index contributed by atoms with van der Waals surface area (Å²) in [6.07, 6.45) is 3.25. The molecule has 14 nitrogen and oxygen atoms in total. The summed E-state index contributed by atoms with van der Waals surface area (Å²) < 4.78 is 53.9. The normalized spacial score (nSPS) is 48.6. The first-order valence-electron chi connectivity index (χ1n) is 23.2. The van der Waals surface area contributed by atoms with Crippen molar-refractivity contribution in [2.24, 2.45) is 47.3 Å². The lowest BCUT2D eigenvalue weighted by Gasteiger charge is -2.54. The van der Waals surface area contributed by atoms with Crippen molar-refractivity contribution < 1.29 is 67.9 Å². The number of carbonyl (C=O) groups is 2. The minimum Gasteiger partial charge on any atom is -0.481 e. The van der Waals surface area contributed by atoms with Gasteiger partial charge in [0.2, 0.25) is 0 Å². The van der Waals surface area contributed by atoms with E-state index in [1.54, 1.807) is 27.9 Å². The Morgan fingerprint density at radius 3 is 2.25 bits per heavy atom. The Labute approximate surface area is 363 Å². The smallest absolute Gasteiger partial charge is 0.306 e. The molecule has 6 saturated heterocycles. The van der Waals surface area contributed by atoms with Crippen molar-refractivity contribution >= 4 is 11.8 Å². The molecule has 4 N–H and O–H groups in total. The summed E-state index contributed by atoms with van der Waals surface area (Å²) >= 11 is 0. The highest BCUT2D eigenvalue weighted by Crippen LogP contribution is 2.56. The van der Waals surface area contributed by atoms with E-state index in [2.05, 4.69) is 27.7 Å². The molecular weight excluding hydrogens is 789 g/mol. The van der Waals surface area contributed by atoms with Gasteiger partial charge >= 0.3 is 5.97 Å². The Morgan fingerprint density at radius 1 is 0.902 bits per heavy atom. The maximum Gasteiger partial charge on any atom is 0.306 e. The molecule has 0 unspecified atom stereocenters. The Kier molecular flexibility index (Phi) is 15.0. The Bertz CT molecular complexity index is 1570. The summed E-state index contributed by atoms with van der Waals surface area (Å²) in [5.74, 6) is -7.01. The minimum absolute atomic E-state index is 0.0130. The number of hydrogen-bond acceptors (Lipinski definition) is 13. The molecular formula is C47H78O14. The van der Waals surface area contributed by atoms with Gasteiger partial charge in [0.25, 0.3) is 0 Å². The molecule has 6 aliphatic heterocycles. The van der Waals surface area contributed by atoms with Gasteiger partial charge in [0, 0.05) is 68.3 Å². The van der Waals surface area contributed by atoms with Crippen LogP contribution in [0.25, 0.3) is 0 Å². The van der Waals surface area contributed by atoms with E-state index < -0.39 is 84.2 Å². The number of carbonyl (C=O) groups excluding carboxylic acids is 1. The van der Waals surface area contributed by atoms with Crippen LogP contribution >= 0.6 is 0 Å². The van der Waals surface area contributed by atoms with Gasteiger partial charge in [-0.05, 0) is 64.4 Å². The fourth-order valence-corrected chi connectivity index (χ4v) is 11.8. The number of carboxylic acids is 1. The van der Waals surface area contributed by atoms with E-state index in [1.165, 1.54) is 0 Å². The Morgan fingerprint density at radius 2 is 1.61 bits per heavy atom. The number of ketones is 1. The minimum atomic E-state index is -1.66. The van der Waals surface area contributed by atoms with E-state index in [0.29, 0.717) is 44.1 Å². The highest BCUT2D eigenvalue weighted by molar-refractivity contribution is 5.96. The van der Waals surface area contributed by atoms with Crippen LogP contribution in [0.3, 0.4) is 0 Å². The van der Waals surface area contributed by atoms with Crippen molar-refractivity contribution in [2.45, 2.75) is 212 Å². The molecule has 0 saturated carbocycles. The number of methoxy groups -OCH3 is 1. The second-order valence-corrected chi connectivity index (χ2v) is 20.6. The maximum absolute atomic E-state index is 13.4. The van der Waals surface area contributed by atoms with E-state index in [0.717, 1.165) is 6.42 Å². The van der Waals surface area contributed by atoms with E-state index in [9.17, 15) is 30.0 Å². The fourth-order valence-electron chi connectivity index (χ4n) is 11.8. The molecule has 0 radical (unpaired) electrons. The second-order valence-electron chi connectivity index (χ2n) is 20.6. The van der Waals surface area contributed by atoms with Crippen LogP contribution in [0.1, 0.15) is 134 Å². The summed E-state index contributed by atoms with van der Waals surface area (Å²) in [6.45, 7) is 20.9. The highest BCUT2D eigenvalue weighted by Gasteiger charge is 2.65. The van der Waals surface area contributed by atoms with E-state index in [-0.39, 0.29) is 72.4 Å². The van der Waals surface area contributed by atoms with E-state index in [4.69, 9.17) is 37.9 Å². The van der Waals surface area contributed by atoms with Crippen molar-refractivity contribution in [3.63, 3.8) is 0 Å². The number of aliphatic hydroxyl groups excluding tert-OH is 2. The number of allylic oxidation sites excluding steroid dienone is 1. The summed E-state index contributed by atoms with van der Waals surface area (Å²) in [7, 11) is 1.70. The molecule has 21 atom stereocenters. The first-order valence-corrected chi connectivity index (χ1v) is 23.2. The van der Waals surface area contributed by atoms with Crippen LogP contribution in [0, 0.1) is 47.3 Å². The maximum atomic E-state index is 13.4. The van der Waals surface area contributed by atoms with E-state index in [1.807, 2.05) is 33.8 Å². The molecule has 0 aromatic heterocycles. The Balaban J connectivity index is 1.24. The van der Waals surface area contributed by atoms with Crippen LogP contribution in [0.2, 0.25) is 0 Å². The van der Waals surface area contributed by atoms with Crippen LogP contribution in [-0.2, 0) is 47.5 Å². The first kappa shape index (κ1) is 48.9. The summed E-state index contributed by atoms with van der Waals surface area (Å²) in [5, 5.41) is 42.5. The lowest BCUT2D eigenvalue weighted by Crippen LogP contribution is -2.63. The zero-order valence-corrected chi connectivity index (χ0v) is 38.8. The fraction of sp³-hybridized carbons (Fsp3) is 0.915. The predicted octanol–water partition coefficient (Wildman–Crippen LogP) is 6.15. The molecule has 0 amide bonds. The van der Waals surface area contributed by atoms with Gasteiger partial charge in [0.15, 0.2) is 29.4 Å². The molecule has 6 aliphatic rings. The molecule has 6 fully saturated rings. The number of Topliss-reactive ketones (excluding diaryl/α,β-unsaturated/α-hetero) is 1. The summed E-state index contributed by atoms with van der Waals surface area (Å²) in [4.78, 5) is 24.8. The number of aliphatic hydroxyl groups is 3. The molecule has 350 valence electrons. The third kappa shape index (κ3) is 9.71. The quantitative estimate of drug-likeness (QED) is 0.154. The van der Waals surface area contributed by atoms with Crippen molar-refractivity contribution in [3.05, 3.63) is 11.6 Å².